The maximum atomic E-state index is 14.6. The first kappa shape index (κ1) is 40.7. The summed E-state index contributed by atoms with van der Waals surface area (Å²) in [7, 11) is 0. The molecule has 0 radical (unpaired) electrons. The third kappa shape index (κ3) is 9.01. The van der Waals surface area contributed by atoms with Crippen LogP contribution in [0.15, 0.2) is 97.6 Å². The van der Waals surface area contributed by atoms with Gasteiger partial charge in [0.05, 0.1) is 0 Å². The number of anilines is 4. The Bertz CT molecular complexity index is 2630. The van der Waals surface area contributed by atoms with Crippen LogP contribution in [0.3, 0.4) is 0 Å². The molecule has 0 saturated heterocycles. The van der Waals surface area contributed by atoms with Gasteiger partial charge in [-0.2, -0.15) is 9.97 Å². The second-order valence-corrected chi connectivity index (χ2v) is 15.4. The van der Waals surface area contributed by atoms with Crippen LogP contribution in [0.5, 0.6) is 0 Å². The fourth-order valence-electron chi connectivity index (χ4n) is 7.68. The monoisotopic (exact) mass is 882 g/mol. The first-order valence-corrected chi connectivity index (χ1v) is 20.6. The SMILES string of the molecule is Fc1ccc([C@@H]2CCCCn3nc(Nc4ccc(-n5cnc(Cl)n5)c(F)c4)nc32)cc1.Fc1ccc([C@H]2CCCCn3nc(Nc4ccc(-n5cnc(Cl)n5)c(F)c4)nc32)cc1. The number of aromatic nitrogens is 12. The van der Waals surface area contributed by atoms with Gasteiger partial charge in [-0.1, -0.05) is 37.1 Å². The zero-order chi connectivity index (χ0) is 42.7. The molecule has 6 heterocycles. The van der Waals surface area contributed by atoms with Gasteiger partial charge in [0.15, 0.2) is 11.6 Å². The summed E-state index contributed by atoms with van der Waals surface area (Å²) in [6.07, 6.45) is 8.55. The normalized spacial score (nSPS) is 16.0. The van der Waals surface area contributed by atoms with Crippen molar-refractivity contribution in [2.45, 2.75) is 63.5 Å². The molecular weight excluding hydrogens is 847 g/mol. The van der Waals surface area contributed by atoms with Crippen LogP contribution in [0.4, 0.5) is 40.8 Å². The number of halogens is 6. The molecule has 10 rings (SSSR count). The molecule has 62 heavy (non-hydrogen) atoms. The molecule has 8 aromatic rings. The van der Waals surface area contributed by atoms with Gasteiger partial charge in [0.1, 0.15) is 47.3 Å². The lowest BCUT2D eigenvalue weighted by atomic mass is 9.93. The summed E-state index contributed by atoms with van der Waals surface area (Å²) in [4.78, 5) is 17.0. The minimum absolute atomic E-state index is 0.0299. The number of aryl methyl sites for hydroxylation is 2. The third-order valence-corrected chi connectivity index (χ3v) is 11.0. The molecule has 20 heteroatoms. The van der Waals surface area contributed by atoms with E-state index in [1.165, 1.54) is 58.4 Å². The maximum absolute atomic E-state index is 14.6. The van der Waals surface area contributed by atoms with Crippen molar-refractivity contribution in [1.82, 2.24) is 59.1 Å². The minimum Gasteiger partial charge on any atom is -0.323 e. The smallest absolute Gasteiger partial charge is 0.246 e. The van der Waals surface area contributed by atoms with Gasteiger partial charge in [-0.25, -0.2) is 46.3 Å². The van der Waals surface area contributed by atoms with E-state index in [0.717, 1.165) is 74.4 Å². The van der Waals surface area contributed by atoms with Crippen molar-refractivity contribution in [3.63, 3.8) is 0 Å². The van der Waals surface area contributed by atoms with Crippen LogP contribution in [-0.4, -0.2) is 59.1 Å². The van der Waals surface area contributed by atoms with E-state index in [0.29, 0.717) is 23.3 Å². The van der Waals surface area contributed by atoms with Crippen LogP contribution >= 0.6 is 23.2 Å². The highest BCUT2D eigenvalue weighted by atomic mass is 35.5. The molecule has 4 aromatic heterocycles. The summed E-state index contributed by atoms with van der Waals surface area (Å²) in [6.45, 7) is 1.50. The maximum Gasteiger partial charge on any atom is 0.246 e. The molecule has 2 N–H and O–H groups in total. The molecule has 0 spiro atoms. The van der Waals surface area contributed by atoms with Gasteiger partial charge in [-0.3, -0.25) is 0 Å². The first-order chi connectivity index (χ1) is 30.1. The van der Waals surface area contributed by atoms with Gasteiger partial charge >= 0.3 is 0 Å². The molecule has 0 fully saturated rings. The minimum atomic E-state index is -0.489. The standard InChI is InChI=1S/2C21H18ClF2N7/c2*22-20-25-12-31(28-20)18-9-8-15(11-17(18)24)26-21-27-19-16(3-1-2-10-30(19)29-21)13-4-6-14(23)7-5-13/h2*4-9,11-12,16H,1-3,10H2,(H,26,29)/t2*16-/m10/s1. The Morgan fingerprint density at radius 1 is 0.516 bits per heavy atom. The van der Waals surface area contributed by atoms with Crippen LogP contribution in [0, 0.1) is 23.3 Å². The molecule has 0 amide bonds. The Hall–Kier alpha value is -6.66. The second kappa shape index (κ2) is 17.7. The van der Waals surface area contributed by atoms with E-state index < -0.39 is 11.6 Å². The lowest BCUT2D eigenvalue weighted by Crippen LogP contribution is -2.08. The van der Waals surface area contributed by atoms with Crippen molar-refractivity contribution < 1.29 is 17.6 Å². The number of benzene rings is 4. The average molecular weight is 884 g/mol. The summed E-state index contributed by atoms with van der Waals surface area (Å²) >= 11 is 11.4. The second-order valence-electron chi connectivity index (χ2n) is 14.7. The van der Waals surface area contributed by atoms with Crippen molar-refractivity contribution in [2.75, 3.05) is 10.6 Å². The Balaban J connectivity index is 0.000000158. The Labute approximate surface area is 361 Å². The van der Waals surface area contributed by atoms with E-state index in [-0.39, 0.29) is 45.4 Å². The molecule has 2 aliphatic heterocycles. The van der Waals surface area contributed by atoms with Gasteiger partial charge in [0, 0.05) is 36.3 Å². The van der Waals surface area contributed by atoms with Gasteiger partial charge in [-0.05, 0) is 121 Å². The molecule has 2 aliphatic rings. The quantitative estimate of drug-likeness (QED) is 0.141. The van der Waals surface area contributed by atoms with Crippen molar-refractivity contribution >= 4 is 46.5 Å². The zero-order valence-electron chi connectivity index (χ0n) is 32.7. The Morgan fingerprint density at radius 2 is 0.935 bits per heavy atom. The van der Waals surface area contributed by atoms with Crippen molar-refractivity contribution in [1.29, 1.82) is 0 Å². The molecule has 0 aliphatic carbocycles. The van der Waals surface area contributed by atoms with Crippen LogP contribution in [0.2, 0.25) is 10.6 Å². The van der Waals surface area contributed by atoms with Crippen LogP contribution < -0.4 is 10.6 Å². The fourth-order valence-corrected chi connectivity index (χ4v) is 7.93. The number of nitrogens with zero attached hydrogens (tertiary/aromatic N) is 12. The summed E-state index contributed by atoms with van der Waals surface area (Å²) in [5.74, 6) is 0.971. The highest BCUT2D eigenvalue weighted by molar-refractivity contribution is 6.28. The predicted molar refractivity (Wildman–Crippen MR) is 223 cm³/mol. The van der Waals surface area contributed by atoms with Crippen molar-refractivity contribution in [3.8, 4) is 11.4 Å². The lowest BCUT2D eigenvalue weighted by Gasteiger charge is -2.14. The molecule has 316 valence electrons. The van der Waals surface area contributed by atoms with E-state index in [9.17, 15) is 17.6 Å². The van der Waals surface area contributed by atoms with E-state index in [1.807, 2.05) is 9.36 Å². The van der Waals surface area contributed by atoms with Gasteiger partial charge in [0.25, 0.3) is 0 Å². The van der Waals surface area contributed by atoms with Crippen LogP contribution in [0.25, 0.3) is 11.4 Å². The summed E-state index contributed by atoms with van der Waals surface area (Å²) in [6, 6.07) is 22.3. The number of nitrogens with one attached hydrogen (secondary N) is 2. The Morgan fingerprint density at radius 3 is 1.31 bits per heavy atom. The lowest BCUT2D eigenvalue weighted by molar-refractivity contribution is 0.576. The topological polar surface area (TPSA) is 147 Å². The largest absolute Gasteiger partial charge is 0.323 e. The van der Waals surface area contributed by atoms with Crippen molar-refractivity contribution in [2.24, 2.45) is 0 Å². The molecular formula is C42H36Cl2F4N14. The highest BCUT2D eigenvalue weighted by Crippen LogP contribution is 2.34. The van der Waals surface area contributed by atoms with Gasteiger partial charge in [-0.15, -0.1) is 20.4 Å². The molecule has 0 unspecified atom stereocenters. The number of hydrogen-bond acceptors (Lipinski definition) is 10. The van der Waals surface area contributed by atoms with Crippen LogP contribution in [0.1, 0.15) is 73.1 Å². The Kier molecular flexibility index (Phi) is 11.7. The summed E-state index contributed by atoms with van der Waals surface area (Å²) < 4.78 is 62.2. The molecule has 4 aromatic carbocycles. The molecule has 0 bridgehead atoms. The van der Waals surface area contributed by atoms with Crippen LogP contribution in [-0.2, 0) is 13.1 Å². The molecule has 14 nitrogen and oxygen atoms in total. The predicted octanol–water partition coefficient (Wildman–Crippen LogP) is 9.70. The van der Waals surface area contributed by atoms with E-state index >= 15 is 0 Å². The summed E-state index contributed by atoms with van der Waals surface area (Å²) in [5.41, 5.74) is 3.48. The van der Waals surface area contributed by atoms with E-state index in [4.69, 9.17) is 23.2 Å². The molecule has 0 saturated carbocycles. The van der Waals surface area contributed by atoms with E-state index in [1.54, 1.807) is 48.5 Å². The van der Waals surface area contributed by atoms with E-state index in [2.05, 4.69) is 51.0 Å². The number of rotatable bonds is 8. The zero-order valence-corrected chi connectivity index (χ0v) is 34.2. The fraction of sp³-hybridized carbons (Fsp3) is 0.238. The first-order valence-electron chi connectivity index (χ1n) is 19.8. The molecule has 2 atom stereocenters. The highest BCUT2D eigenvalue weighted by Gasteiger charge is 2.26. The summed E-state index contributed by atoms with van der Waals surface area (Å²) in [5, 5.41) is 23.2. The third-order valence-electron chi connectivity index (χ3n) is 10.6. The number of hydrogen-bond donors (Lipinski definition) is 2. The van der Waals surface area contributed by atoms with Gasteiger partial charge < -0.3 is 10.6 Å². The van der Waals surface area contributed by atoms with Gasteiger partial charge in [0.2, 0.25) is 22.5 Å². The van der Waals surface area contributed by atoms with Crippen molar-refractivity contribution in [3.05, 3.63) is 154 Å². The number of fused-ring (bicyclic) bond motifs is 2. The average Bonchev–Trinajstić information content (AvgIpc) is 4.03.